The fourth-order valence-corrected chi connectivity index (χ4v) is 2.99. The van der Waals surface area contributed by atoms with Gasteiger partial charge in [0, 0.05) is 17.3 Å². The molecule has 136 valence electrons. The first-order valence-electron chi connectivity index (χ1n) is 8.49. The number of carbonyl (C=O) groups excluding carboxylic acids is 2. The Morgan fingerprint density at radius 1 is 1.19 bits per heavy atom. The van der Waals surface area contributed by atoms with Gasteiger partial charge in [-0.15, -0.1) is 0 Å². The molecule has 0 unspecified atom stereocenters. The normalized spacial score (nSPS) is 14.1. The lowest BCUT2D eigenvalue weighted by Gasteiger charge is -2.14. The number of aryl methyl sites for hydroxylation is 1. The molecule has 27 heavy (non-hydrogen) atoms. The van der Waals surface area contributed by atoms with Crippen molar-refractivity contribution in [2.75, 3.05) is 18.5 Å². The molecule has 0 spiro atoms. The summed E-state index contributed by atoms with van der Waals surface area (Å²) in [6.07, 6.45) is 1.24. The van der Waals surface area contributed by atoms with E-state index in [9.17, 15) is 9.59 Å². The smallest absolute Gasteiger partial charge is 0.277 e. The number of aliphatic hydroxyl groups is 1. The van der Waals surface area contributed by atoms with Crippen LogP contribution < -0.4 is 5.32 Å². The molecule has 2 aromatic carbocycles. The molecule has 7 nitrogen and oxygen atoms in total. The van der Waals surface area contributed by atoms with Gasteiger partial charge in [0.2, 0.25) is 5.89 Å². The second kappa shape index (κ2) is 6.69. The number of anilines is 1. The maximum atomic E-state index is 12.2. The van der Waals surface area contributed by atoms with Crippen LogP contribution in [0.2, 0.25) is 0 Å². The van der Waals surface area contributed by atoms with Gasteiger partial charge in [-0.05, 0) is 42.8 Å². The van der Waals surface area contributed by atoms with Crippen LogP contribution in [-0.2, 0) is 9.59 Å². The number of fused-ring (bicyclic) bond motifs is 1. The summed E-state index contributed by atoms with van der Waals surface area (Å²) in [7, 11) is 0. The molecule has 2 N–H and O–H groups in total. The van der Waals surface area contributed by atoms with Gasteiger partial charge in [0.15, 0.2) is 5.58 Å². The fourth-order valence-electron chi connectivity index (χ4n) is 2.99. The Bertz CT molecular complexity index is 1050. The van der Waals surface area contributed by atoms with E-state index < -0.39 is 11.8 Å². The van der Waals surface area contributed by atoms with Crippen molar-refractivity contribution in [3.63, 3.8) is 0 Å². The van der Waals surface area contributed by atoms with E-state index in [1.54, 1.807) is 0 Å². The van der Waals surface area contributed by atoms with Crippen molar-refractivity contribution in [2.24, 2.45) is 0 Å². The highest BCUT2D eigenvalue weighted by atomic mass is 16.3. The summed E-state index contributed by atoms with van der Waals surface area (Å²) in [5.41, 5.74) is 4.09. The summed E-state index contributed by atoms with van der Waals surface area (Å²) < 4.78 is 5.78. The number of aliphatic hydroxyl groups excluding tert-OH is 1. The number of hydrogen-bond donors (Lipinski definition) is 2. The van der Waals surface area contributed by atoms with E-state index in [4.69, 9.17) is 9.52 Å². The molecule has 0 saturated carbocycles. The van der Waals surface area contributed by atoms with Crippen LogP contribution in [0, 0.1) is 6.92 Å². The van der Waals surface area contributed by atoms with Gasteiger partial charge in [-0.25, -0.2) is 4.98 Å². The van der Waals surface area contributed by atoms with Crippen LogP contribution in [-0.4, -0.2) is 40.0 Å². The second-order valence-corrected chi connectivity index (χ2v) is 6.22. The molecule has 7 heteroatoms. The van der Waals surface area contributed by atoms with Crippen LogP contribution in [0.15, 0.2) is 58.7 Å². The summed E-state index contributed by atoms with van der Waals surface area (Å²) in [4.78, 5) is 29.6. The molecule has 0 saturated heterocycles. The number of rotatable bonds is 5. The molecule has 0 aliphatic carbocycles. The molecule has 2 heterocycles. The number of β-amino-alcohol motifs (C(OH)–C–C–N with tert-alkyl or cyclic N) is 1. The molecular formula is C20H17N3O4. The number of nitrogens with one attached hydrogen (secondary N) is 1. The predicted octanol–water partition coefficient (Wildman–Crippen LogP) is 2.46. The van der Waals surface area contributed by atoms with Gasteiger partial charge in [-0.2, -0.15) is 0 Å². The minimum atomic E-state index is -0.448. The minimum Gasteiger partial charge on any atom is -0.436 e. The van der Waals surface area contributed by atoms with Crippen molar-refractivity contribution in [3.8, 4) is 11.5 Å². The lowest BCUT2D eigenvalue weighted by atomic mass is 10.1. The Hall–Kier alpha value is -3.45. The van der Waals surface area contributed by atoms with Crippen LogP contribution in [0.1, 0.15) is 5.56 Å². The van der Waals surface area contributed by atoms with Crippen LogP contribution in [0.4, 0.5) is 5.69 Å². The monoisotopic (exact) mass is 363 g/mol. The third-order valence-electron chi connectivity index (χ3n) is 4.37. The van der Waals surface area contributed by atoms with E-state index in [1.807, 2.05) is 49.4 Å². The predicted molar refractivity (Wildman–Crippen MR) is 99.7 cm³/mol. The van der Waals surface area contributed by atoms with E-state index in [0.29, 0.717) is 11.6 Å². The summed E-state index contributed by atoms with van der Waals surface area (Å²) >= 11 is 0. The zero-order valence-electron chi connectivity index (χ0n) is 14.6. The molecule has 1 aliphatic heterocycles. The summed E-state index contributed by atoms with van der Waals surface area (Å²) in [5.74, 6) is -0.361. The third-order valence-corrected chi connectivity index (χ3v) is 4.37. The number of para-hydroxylation sites is 2. The highest BCUT2D eigenvalue weighted by Crippen LogP contribution is 2.28. The van der Waals surface area contributed by atoms with E-state index in [-0.39, 0.29) is 18.8 Å². The molecule has 4 rings (SSSR count). The van der Waals surface area contributed by atoms with Gasteiger partial charge in [-0.1, -0.05) is 12.1 Å². The van der Waals surface area contributed by atoms with Gasteiger partial charge in [0.1, 0.15) is 11.2 Å². The van der Waals surface area contributed by atoms with E-state index >= 15 is 0 Å². The third kappa shape index (κ3) is 3.09. The summed E-state index contributed by atoms with van der Waals surface area (Å²) in [5, 5.41) is 12.0. The quantitative estimate of drug-likeness (QED) is 0.676. The molecule has 0 radical (unpaired) electrons. The fraction of sp³-hybridized carbons (Fsp3) is 0.150. The van der Waals surface area contributed by atoms with Crippen molar-refractivity contribution in [1.29, 1.82) is 0 Å². The molecule has 0 atom stereocenters. The first kappa shape index (κ1) is 17.0. The number of benzene rings is 2. The van der Waals surface area contributed by atoms with Crippen molar-refractivity contribution in [3.05, 3.63) is 59.8 Å². The zero-order chi connectivity index (χ0) is 19.0. The van der Waals surface area contributed by atoms with E-state index in [2.05, 4.69) is 10.3 Å². The van der Waals surface area contributed by atoms with Crippen LogP contribution in [0.3, 0.4) is 0 Å². The molecule has 3 aromatic rings. The zero-order valence-corrected chi connectivity index (χ0v) is 14.6. The van der Waals surface area contributed by atoms with Crippen molar-refractivity contribution < 1.29 is 19.1 Å². The van der Waals surface area contributed by atoms with E-state index in [0.717, 1.165) is 27.1 Å². The van der Waals surface area contributed by atoms with E-state index in [1.165, 1.54) is 6.08 Å². The standard InChI is InChI=1S/C20H17N3O4/c1-12-10-13(19-22-15-4-2-3-5-17(15)27-19)6-7-14(12)21-16-11-18(25)23(8-9-24)20(16)26/h2-7,10-11,21,24H,8-9H2,1H3. The molecule has 1 aromatic heterocycles. The van der Waals surface area contributed by atoms with Crippen LogP contribution in [0.25, 0.3) is 22.6 Å². The number of oxazole rings is 1. The lowest BCUT2D eigenvalue weighted by molar-refractivity contribution is -0.137. The topological polar surface area (TPSA) is 95.7 Å². The maximum absolute atomic E-state index is 12.2. The SMILES string of the molecule is Cc1cc(-c2nc3ccccc3o2)ccc1NC1=CC(=O)N(CCO)C1=O. The Morgan fingerprint density at radius 3 is 2.74 bits per heavy atom. The maximum Gasteiger partial charge on any atom is 0.277 e. The van der Waals surface area contributed by atoms with Crippen LogP contribution in [0.5, 0.6) is 0 Å². The summed E-state index contributed by atoms with van der Waals surface area (Å²) in [6.45, 7) is 1.60. The highest BCUT2D eigenvalue weighted by Gasteiger charge is 2.30. The van der Waals surface area contributed by atoms with Crippen molar-refractivity contribution >= 4 is 28.6 Å². The number of nitrogens with zero attached hydrogens (tertiary/aromatic N) is 2. The minimum absolute atomic E-state index is 0.0189. The summed E-state index contributed by atoms with van der Waals surface area (Å²) in [6, 6.07) is 13.1. The van der Waals surface area contributed by atoms with Gasteiger partial charge in [0.25, 0.3) is 11.8 Å². The first-order valence-corrected chi connectivity index (χ1v) is 8.49. The highest BCUT2D eigenvalue weighted by molar-refractivity contribution is 6.17. The molecule has 1 aliphatic rings. The number of hydrogen-bond acceptors (Lipinski definition) is 6. The van der Waals surface area contributed by atoms with Crippen molar-refractivity contribution in [2.45, 2.75) is 6.92 Å². The number of amides is 2. The molecule has 2 amide bonds. The van der Waals surface area contributed by atoms with Gasteiger partial charge in [-0.3, -0.25) is 14.5 Å². The Labute approximate surface area is 154 Å². The Kier molecular flexibility index (Phi) is 4.21. The molecular weight excluding hydrogens is 346 g/mol. The Balaban J connectivity index is 1.58. The van der Waals surface area contributed by atoms with Gasteiger partial charge >= 0.3 is 0 Å². The average molecular weight is 363 g/mol. The number of aromatic nitrogens is 1. The lowest BCUT2D eigenvalue weighted by Crippen LogP contribution is -2.34. The number of carbonyl (C=O) groups is 2. The Morgan fingerprint density at radius 2 is 2.00 bits per heavy atom. The number of imide groups is 1. The molecule has 0 fully saturated rings. The van der Waals surface area contributed by atoms with Gasteiger partial charge < -0.3 is 14.8 Å². The first-order chi connectivity index (χ1) is 13.1. The average Bonchev–Trinajstić information content (AvgIpc) is 3.20. The largest absolute Gasteiger partial charge is 0.436 e. The van der Waals surface area contributed by atoms with Crippen molar-refractivity contribution in [1.82, 2.24) is 9.88 Å². The second-order valence-electron chi connectivity index (χ2n) is 6.22. The van der Waals surface area contributed by atoms with Gasteiger partial charge in [0.05, 0.1) is 13.2 Å². The van der Waals surface area contributed by atoms with Crippen LogP contribution >= 0.6 is 0 Å². The molecule has 0 bridgehead atoms.